The van der Waals surface area contributed by atoms with E-state index in [1.54, 1.807) is 0 Å². The van der Waals surface area contributed by atoms with Gasteiger partial charge in [0, 0.05) is 5.56 Å². The molecule has 2 bridgehead atoms. The van der Waals surface area contributed by atoms with Gasteiger partial charge < -0.3 is 15.3 Å². The molecule has 0 aliphatic heterocycles. The molecule has 0 amide bonds. The molecule has 3 N–H and O–H groups in total. The lowest BCUT2D eigenvalue weighted by molar-refractivity contribution is -0.178. The number of aliphatic hydroxyl groups is 1. The summed E-state index contributed by atoms with van der Waals surface area (Å²) in [4.78, 5) is 45.0. The Bertz CT molecular complexity index is 1480. The van der Waals surface area contributed by atoms with E-state index in [9.17, 15) is 20.1 Å². The first kappa shape index (κ1) is 34.8. The Labute approximate surface area is 263 Å². The van der Waals surface area contributed by atoms with E-state index in [1.807, 2.05) is 74.5 Å². The van der Waals surface area contributed by atoms with Gasteiger partial charge in [-0.15, -0.1) is 0 Å². The molecule has 3 rings (SSSR count). The van der Waals surface area contributed by atoms with Gasteiger partial charge in [-0.05, 0) is 123 Å². The molecule has 0 radical (unpaired) electrons. The third kappa shape index (κ3) is 6.13. The van der Waals surface area contributed by atoms with Crippen LogP contribution >= 0.6 is 0 Å². The zero-order valence-electron chi connectivity index (χ0n) is 27.9. The number of phenols is 2. The summed E-state index contributed by atoms with van der Waals surface area (Å²) in [5.74, 6) is -3.32. The van der Waals surface area contributed by atoms with E-state index in [0.29, 0.717) is 19.3 Å². The normalized spacial score (nSPS) is 27.4. The highest BCUT2D eigenvalue weighted by Crippen LogP contribution is 2.67. The molecule has 2 aliphatic rings. The van der Waals surface area contributed by atoms with E-state index in [-0.39, 0.29) is 36.5 Å². The summed E-state index contributed by atoms with van der Waals surface area (Å²) in [6, 6.07) is 3.67. The van der Waals surface area contributed by atoms with Crippen molar-refractivity contribution in [3.63, 3.8) is 0 Å². The Kier molecular flexibility index (Phi) is 10.4. The zero-order valence-corrected chi connectivity index (χ0v) is 27.9. The SMILES string of the molecule is CC(C)=CCC[C@@]1(C)[C@@H](CC=C(C)C)C[C@@]2(CC=C(C)C)C(=O)/C(=C(/O)c3ccc(O)c(O)c3)C(=O)[C@]1(CC=C(C)C)C2=O. The highest BCUT2D eigenvalue weighted by Gasteiger charge is 2.74. The van der Waals surface area contributed by atoms with Crippen LogP contribution in [0.15, 0.2) is 70.4 Å². The van der Waals surface area contributed by atoms with Gasteiger partial charge >= 0.3 is 0 Å². The number of fused-ring (bicyclic) bond motifs is 2. The van der Waals surface area contributed by atoms with Gasteiger partial charge in [0.25, 0.3) is 0 Å². The monoisotopic (exact) mass is 602 g/mol. The van der Waals surface area contributed by atoms with Gasteiger partial charge in [-0.2, -0.15) is 0 Å². The van der Waals surface area contributed by atoms with E-state index < -0.39 is 50.6 Å². The summed E-state index contributed by atoms with van der Waals surface area (Å²) < 4.78 is 0. The molecule has 2 saturated carbocycles. The van der Waals surface area contributed by atoms with Crippen LogP contribution in [0, 0.1) is 22.2 Å². The van der Waals surface area contributed by atoms with Crippen LogP contribution in [-0.4, -0.2) is 32.7 Å². The molecule has 44 heavy (non-hydrogen) atoms. The molecule has 0 saturated heterocycles. The minimum atomic E-state index is -1.61. The predicted octanol–water partition coefficient (Wildman–Crippen LogP) is 8.90. The van der Waals surface area contributed by atoms with Gasteiger partial charge in [-0.25, -0.2) is 0 Å². The first-order chi connectivity index (χ1) is 20.4. The standard InChI is InChI=1S/C38H50O6/c1-23(2)11-10-18-36(9)28(14-12-24(3)4)22-37(19-16-25(5)6)33(42)31(32(41)27-13-15-29(39)30(40)21-27)34(43)38(36,35(37)44)20-17-26(7)8/h11-13,15-17,21,28,39-41H,10,14,18-20,22H2,1-9H3/b32-31-/t28-,36-,37-,38+/m0/s1. The highest BCUT2D eigenvalue weighted by molar-refractivity contribution is 6.41. The van der Waals surface area contributed by atoms with Gasteiger partial charge in [-0.3, -0.25) is 14.4 Å². The predicted molar refractivity (Wildman–Crippen MR) is 176 cm³/mol. The number of allylic oxidation sites excluding steroid dienone is 9. The van der Waals surface area contributed by atoms with Crippen LogP contribution in [0.3, 0.4) is 0 Å². The van der Waals surface area contributed by atoms with Crippen LogP contribution in [0.4, 0.5) is 0 Å². The molecule has 2 fully saturated rings. The van der Waals surface area contributed by atoms with Crippen LogP contribution in [0.5, 0.6) is 11.5 Å². The van der Waals surface area contributed by atoms with Crippen LogP contribution in [-0.2, 0) is 14.4 Å². The number of hydrogen-bond donors (Lipinski definition) is 3. The Morgan fingerprint density at radius 2 is 1.36 bits per heavy atom. The molecule has 6 heteroatoms. The van der Waals surface area contributed by atoms with Crippen molar-refractivity contribution in [2.24, 2.45) is 22.2 Å². The summed E-state index contributed by atoms with van der Waals surface area (Å²) >= 11 is 0. The van der Waals surface area contributed by atoms with E-state index in [0.717, 1.165) is 28.4 Å². The number of carbonyl (C=O) groups excluding carboxylic acids is 3. The van der Waals surface area contributed by atoms with Crippen molar-refractivity contribution in [1.82, 2.24) is 0 Å². The third-order valence-corrected chi connectivity index (χ3v) is 9.76. The lowest BCUT2D eigenvalue weighted by atomic mass is 9.37. The molecule has 0 heterocycles. The Hall–Kier alpha value is -3.67. The van der Waals surface area contributed by atoms with Crippen molar-refractivity contribution in [3.8, 4) is 11.5 Å². The molecule has 6 nitrogen and oxygen atoms in total. The lowest BCUT2D eigenvalue weighted by Gasteiger charge is -2.61. The number of Topliss-reactive ketones (excluding diaryl/α,β-unsaturated/α-hetero) is 3. The summed E-state index contributed by atoms with van der Waals surface area (Å²) in [7, 11) is 0. The van der Waals surface area contributed by atoms with Gasteiger partial charge in [0.1, 0.15) is 16.7 Å². The first-order valence-corrected chi connectivity index (χ1v) is 15.6. The number of aliphatic hydroxyl groups excluding tert-OH is 1. The number of ketones is 3. The molecule has 1 aromatic rings. The summed E-state index contributed by atoms with van der Waals surface area (Å²) in [6.07, 6.45) is 10.4. The lowest BCUT2D eigenvalue weighted by Crippen LogP contribution is -2.70. The number of hydrogen-bond acceptors (Lipinski definition) is 6. The molecular formula is C38H50O6. The van der Waals surface area contributed by atoms with Crippen molar-refractivity contribution < 1.29 is 29.7 Å². The van der Waals surface area contributed by atoms with Gasteiger partial charge in [0.2, 0.25) is 0 Å². The fourth-order valence-corrected chi connectivity index (χ4v) is 7.12. The number of aromatic hydroxyl groups is 2. The van der Waals surface area contributed by atoms with Gasteiger partial charge in [0.15, 0.2) is 28.8 Å². The second kappa shape index (κ2) is 13.1. The molecule has 238 valence electrons. The number of carbonyl (C=O) groups is 3. The average molecular weight is 603 g/mol. The largest absolute Gasteiger partial charge is 0.506 e. The summed E-state index contributed by atoms with van der Waals surface area (Å²) in [6.45, 7) is 17.8. The van der Waals surface area contributed by atoms with Crippen molar-refractivity contribution in [3.05, 3.63) is 75.9 Å². The number of rotatable bonds is 10. The molecule has 4 atom stereocenters. The quantitative estimate of drug-likeness (QED) is 0.0616. The number of phenolic OH excluding ortho intramolecular Hbond substituents is 2. The molecule has 0 spiro atoms. The van der Waals surface area contributed by atoms with Crippen molar-refractivity contribution in [1.29, 1.82) is 0 Å². The van der Waals surface area contributed by atoms with E-state index in [2.05, 4.69) is 12.2 Å². The average Bonchev–Trinajstić information content (AvgIpc) is 2.92. The van der Waals surface area contributed by atoms with Gasteiger partial charge in [0.05, 0.1) is 5.41 Å². The summed E-state index contributed by atoms with van der Waals surface area (Å²) in [5, 5.41) is 31.8. The molecular weight excluding hydrogens is 552 g/mol. The maximum Gasteiger partial charge on any atom is 0.184 e. The summed E-state index contributed by atoms with van der Waals surface area (Å²) in [5.41, 5.74) is -0.210. The van der Waals surface area contributed by atoms with E-state index in [1.165, 1.54) is 12.1 Å². The van der Waals surface area contributed by atoms with Crippen LogP contribution < -0.4 is 0 Å². The first-order valence-electron chi connectivity index (χ1n) is 15.6. The van der Waals surface area contributed by atoms with E-state index in [4.69, 9.17) is 0 Å². The topological polar surface area (TPSA) is 112 Å². The van der Waals surface area contributed by atoms with Crippen molar-refractivity contribution >= 4 is 23.1 Å². The minimum Gasteiger partial charge on any atom is -0.506 e. The highest BCUT2D eigenvalue weighted by atomic mass is 16.3. The fourth-order valence-electron chi connectivity index (χ4n) is 7.12. The van der Waals surface area contributed by atoms with Crippen molar-refractivity contribution in [2.75, 3.05) is 0 Å². The van der Waals surface area contributed by atoms with Crippen LogP contribution in [0.1, 0.15) is 106 Å². The van der Waals surface area contributed by atoms with Crippen LogP contribution in [0.2, 0.25) is 0 Å². The van der Waals surface area contributed by atoms with Gasteiger partial charge in [-0.1, -0.05) is 53.5 Å². The van der Waals surface area contributed by atoms with Crippen molar-refractivity contribution in [2.45, 2.75) is 101 Å². The van der Waals surface area contributed by atoms with E-state index >= 15 is 9.59 Å². The minimum absolute atomic E-state index is 0.0199. The molecule has 0 unspecified atom stereocenters. The maximum absolute atomic E-state index is 15.2. The smallest absolute Gasteiger partial charge is 0.184 e. The second-order valence-electron chi connectivity index (χ2n) is 14.0. The zero-order chi connectivity index (χ0) is 33.2. The maximum atomic E-state index is 15.2. The van der Waals surface area contributed by atoms with Crippen LogP contribution in [0.25, 0.3) is 5.76 Å². The Balaban J connectivity index is 2.51. The number of benzene rings is 1. The molecule has 0 aromatic heterocycles. The Morgan fingerprint density at radius 1 is 0.795 bits per heavy atom. The third-order valence-electron chi connectivity index (χ3n) is 9.76. The molecule has 2 aliphatic carbocycles. The second-order valence-corrected chi connectivity index (χ2v) is 14.0. The Morgan fingerprint density at radius 3 is 1.91 bits per heavy atom. The fraction of sp³-hybridized carbons (Fsp3) is 0.500. The molecule has 1 aromatic carbocycles.